The van der Waals surface area contributed by atoms with E-state index in [2.05, 4.69) is 22.3 Å². The molecule has 6 heteroatoms. The summed E-state index contributed by atoms with van der Waals surface area (Å²) in [5.74, 6) is 0.867. The highest BCUT2D eigenvalue weighted by molar-refractivity contribution is 5.27. The van der Waals surface area contributed by atoms with Crippen molar-refractivity contribution in [3.8, 4) is 0 Å². The van der Waals surface area contributed by atoms with Crippen molar-refractivity contribution < 1.29 is 4.74 Å². The van der Waals surface area contributed by atoms with Gasteiger partial charge in [-0.25, -0.2) is 4.98 Å². The largest absolute Gasteiger partial charge is 0.383 e. The molecule has 98 valence electrons. The van der Waals surface area contributed by atoms with Gasteiger partial charge in [0.25, 0.3) is 0 Å². The van der Waals surface area contributed by atoms with Gasteiger partial charge in [-0.1, -0.05) is 0 Å². The lowest BCUT2D eigenvalue weighted by atomic mass is 10.3. The average Bonchev–Trinajstić information content (AvgIpc) is 2.98. The molecule has 0 aliphatic heterocycles. The van der Waals surface area contributed by atoms with Crippen LogP contribution >= 0.6 is 0 Å². The molecule has 0 aliphatic carbocycles. The number of imidazole rings is 1. The van der Waals surface area contributed by atoms with E-state index in [1.165, 1.54) is 0 Å². The predicted molar refractivity (Wildman–Crippen MR) is 69.4 cm³/mol. The van der Waals surface area contributed by atoms with E-state index in [9.17, 15) is 0 Å². The molecular weight excluding hydrogens is 230 g/mol. The SMILES string of the molecule is COCCn1ccnc1NC(C)Cn1cccn1. The van der Waals surface area contributed by atoms with E-state index >= 15 is 0 Å². The summed E-state index contributed by atoms with van der Waals surface area (Å²) in [5, 5.41) is 7.56. The first-order valence-corrected chi connectivity index (χ1v) is 6.03. The molecule has 2 rings (SSSR count). The molecule has 0 aliphatic rings. The van der Waals surface area contributed by atoms with Gasteiger partial charge in [0.05, 0.1) is 13.2 Å². The zero-order valence-electron chi connectivity index (χ0n) is 10.8. The smallest absolute Gasteiger partial charge is 0.203 e. The molecule has 0 saturated heterocycles. The Morgan fingerprint density at radius 2 is 2.28 bits per heavy atom. The van der Waals surface area contributed by atoms with Crippen molar-refractivity contribution in [3.05, 3.63) is 30.9 Å². The molecule has 0 radical (unpaired) electrons. The Morgan fingerprint density at radius 1 is 1.39 bits per heavy atom. The van der Waals surface area contributed by atoms with Crippen LogP contribution in [0.4, 0.5) is 5.95 Å². The molecule has 1 N–H and O–H groups in total. The molecular formula is C12H19N5O. The van der Waals surface area contributed by atoms with Crippen molar-refractivity contribution in [2.75, 3.05) is 19.0 Å². The number of ether oxygens (including phenoxy) is 1. The number of methoxy groups -OCH3 is 1. The summed E-state index contributed by atoms with van der Waals surface area (Å²) in [6, 6.07) is 2.18. The van der Waals surface area contributed by atoms with E-state index in [4.69, 9.17) is 4.74 Å². The van der Waals surface area contributed by atoms with Gasteiger partial charge in [-0.15, -0.1) is 0 Å². The Kier molecular flexibility index (Phi) is 4.35. The maximum Gasteiger partial charge on any atom is 0.203 e. The van der Waals surface area contributed by atoms with Crippen LogP contribution in [-0.4, -0.2) is 39.1 Å². The van der Waals surface area contributed by atoms with Crippen LogP contribution in [0.25, 0.3) is 0 Å². The van der Waals surface area contributed by atoms with E-state index in [1.807, 2.05) is 27.7 Å². The zero-order chi connectivity index (χ0) is 12.8. The van der Waals surface area contributed by atoms with E-state index in [1.54, 1.807) is 19.5 Å². The first kappa shape index (κ1) is 12.6. The van der Waals surface area contributed by atoms with Crippen LogP contribution in [0.15, 0.2) is 30.9 Å². The molecule has 0 amide bonds. The van der Waals surface area contributed by atoms with E-state index < -0.39 is 0 Å². The van der Waals surface area contributed by atoms with Crippen LogP contribution in [0.2, 0.25) is 0 Å². The fourth-order valence-electron chi connectivity index (χ4n) is 1.77. The molecule has 0 aromatic carbocycles. The van der Waals surface area contributed by atoms with E-state index in [0.717, 1.165) is 19.0 Å². The van der Waals surface area contributed by atoms with Crippen molar-refractivity contribution in [1.82, 2.24) is 19.3 Å². The van der Waals surface area contributed by atoms with Crippen LogP contribution in [-0.2, 0) is 17.8 Å². The van der Waals surface area contributed by atoms with Crippen LogP contribution < -0.4 is 5.32 Å². The normalized spacial score (nSPS) is 12.6. The number of anilines is 1. The molecule has 18 heavy (non-hydrogen) atoms. The van der Waals surface area contributed by atoms with Gasteiger partial charge in [0, 0.05) is 44.5 Å². The minimum absolute atomic E-state index is 0.258. The molecule has 2 aromatic heterocycles. The Morgan fingerprint density at radius 3 is 3.00 bits per heavy atom. The van der Waals surface area contributed by atoms with Gasteiger partial charge in [-0.3, -0.25) is 4.68 Å². The number of hydrogen-bond acceptors (Lipinski definition) is 4. The minimum atomic E-state index is 0.258. The molecule has 0 fully saturated rings. The van der Waals surface area contributed by atoms with Gasteiger partial charge in [0.2, 0.25) is 5.95 Å². The van der Waals surface area contributed by atoms with E-state index in [-0.39, 0.29) is 6.04 Å². The maximum absolute atomic E-state index is 5.07. The van der Waals surface area contributed by atoms with Crippen LogP contribution in [0.1, 0.15) is 6.92 Å². The highest BCUT2D eigenvalue weighted by Gasteiger charge is 2.07. The standard InChI is InChI=1S/C12H19N5O/c1-11(10-17-6-3-4-14-17)15-12-13-5-7-16(12)8-9-18-2/h3-7,11H,8-10H2,1-2H3,(H,13,15). The molecule has 0 saturated carbocycles. The lowest BCUT2D eigenvalue weighted by Gasteiger charge is -2.16. The summed E-state index contributed by atoms with van der Waals surface area (Å²) in [6.45, 7) is 4.40. The summed E-state index contributed by atoms with van der Waals surface area (Å²) in [5.41, 5.74) is 0. The Balaban J connectivity index is 1.90. The van der Waals surface area contributed by atoms with Gasteiger partial charge in [0.15, 0.2) is 0 Å². The third-order valence-electron chi connectivity index (χ3n) is 2.65. The van der Waals surface area contributed by atoms with Gasteiger partial charge >= 0.3 is 0 Å². The molecule has 2 heterocycles. The van der Waals surface area contributed by atoms with Gasteiger partial charge in [0.1, 0.15) is 0 Å². The number of aromatic nitrogens is 4. The number of hydrogen-bond donors (Lipinski definition) is 1. The zero-order valence-corrected chi connectivity index (χ0v) is 10.8. The van der Waals surface area contributed by atoms with Gasteiger partial charge < -0.3 is 14.6 Å². The predicted octanol–water partition coefficient (Wildman–Crippen LogP) is 1.23. The number of rotatable bonds is 7. The topological polar surface area (TPSA) is 56.9 Å². The summed E-state index contributed by atoms with van der Waals surface area (Å²) >= 11 is 0. The van der Waals surface area contributed by atoms with Crippen molar-refractivity contribution in [3.63, 3.8) is 0 Å². The van der Waals surface area contributed by atoms with E-state index in [0.29, 0.717) is 6.61 Å². The number of nitrogens with one attached hydrogen (secondary N) is 1. The summed E-state index contributed by atoms with van der Waals surface area (Å²) in [6.07, 6.45) is 7.47. The Bertz CT molecular complexity index is 451. The number of nitrogens with zero attached hydrogens (tertiary/aromatic N) is 4. The first-order valence-electron chi connectivity index (χ1n) is 6.03. The molecule has 2 aromatic rings. The fraction of sp³-hybridized carbons (Fsp3) is 0.500. The molecule has 0 bridgehead atoms. The van der Waals surface area contributed by atoms with Gasteiger partial charge in [-0.05, 0) is 13.0 Å². The first-order chi connectivity index (χ1) is 8.79. The lowest BCUT2D eigenvalue weighted by Crippen LogP contribution is -2.24. The van der Waals surface area contributed by atoms with Crippen molar-refractivity contribution >= 4 is 5.95 Å². The van der Waals surface area contributed by atoms with Crippen LogP contribution in [0.3, 0.4) is 0 Å². The van der Waals surface area contributed by atoms with Crippen molar-refractivity contribution in [1.29, 1.82) is 0 Å². The third kappa shape index (κ3) is 3.33. The van der Waals surface area contributed by atoms with Crippen LogP contribution in [0.5, 0.6) is 0 Å². The quantitative estimate of drug-likeness (QED) is 0.801. The molecule has 1 unspecified atom stereocenters. The maximum atomic E-state index is 5.07. The monoisotopic (exact) mass is 249 g/mol. The Labute approximate surface area is 107 Å². The summed E-state index contributed by atoms with van der Waals surface area (Å²) in [4.78, 5) is 4.30. The Hall–Kier alpha value is -1.82. The summed E-state index contributed by atoms with van der Waals surface area (Å²) < 4.78 is 9.02. The summed E-state index contributed by atoms with van der Waals surface area (Å²) in [7, 11) is 1.70. The molecule has 0 spiro atoms. The second-order valence-corrected chi connectivity index (χ2v) is 4.21. The molecule has 1 atom stereocenters. The third-order valence-corrected chi connectivity index (χ3v) is 2.65. The second kappa shape index (κ2) is 6.20. The minimum Gasteiger partial charge on any atom is -0.383 e. The fourth-order valence-corrected chi connectivity index (χ4v) is 1.77. The van der Waals surface area contributed by atoms with Crippen LogP contribution in [0, 0.1) is 0 Å². The lowest BCUT2D eigenvalue weighted by molar-refractivity contribution is 0.187. The van der Waals surface area contributed by atoms with Crippen molar-refractivity contribution in [2.24, 2.45) is 0 Å². The van der Waals surface area contributed by atoms with Gasteiger partial charge in [-0.2, -0.15) is 5.10 Å². The van der Waals surface area contributed by atoms with Crippen molar-refractivity contribution in [2.45, 2.75) is 26.1 Å². The average molecular weight is 249 g/mol. The molecule has 6 nitrogen and oxygen atoms in total. The highest BCUT2D eigenvalue weighted by atomic mass is 16.5. The second-order valence-electron chi connectivity index (χ2n) is 4.21. The highest BCUT2D eigenvalue weighted by Crippen LogP contribution is 2.07.